The molecule has 0 fully saturated rings. The van der Waals surface area contributed by atoms with Crippen LogP contribution in [0.25, 0.3) is 20.4 Å². The topological polar surface area (TPSA) is 86.7 Å². The molecule has 0 saturated heterocycles. The molecule has 24 heavy (non-hydrogen) atoms. The number of fused-ring (bicyclic) bond motifs is 3. The van der Waals surface area contributed by atoms with Gasteiger partial charge in [-0.2, -0.15) is 0 Å². The first kappa shape index (κ1) is 14.9. The summed E-state index contributed by atoms with van der Waals surface area (Å²) in [5.41, 5.74) is 0.332. The van der Waals surface area contributed by atoms with E-state index < -0.39 is 0 Å². The molecule has 0 spiro atoms. The molecule has 7 nitrogen and oxygen atoms in total. The summed E-state index contributed by atoms with van der Waals surface area (Å²) < 4.78 is 7.73. The Morgan fingerprint density at radius 3 is 2.83 bits per heavy atom. The Bertz CT molecular complexity index is 1100. The third-order valence-corrected chi connectivity index (χ3v) is 4.73. The fourth-order valence-electron chi connectivity index (χ4n) is 2.38. The Morgan fingerprint density at radius 1 is 1.25 bits per heavy atom. The van der Waals surface area contributed by atoms with Gasteiger partial charge in [-0.1, -0.05) is 20.8 Å². The van der Waals surface area contributed by atoms with Gasteiger partial charge in [-0.25, -0.2) is 9.97 Å². The molecule has 0 aliphatic heterocycles. The molecule has 4 heterocycles. The van der Waals surface area contributed by atoms with Crippen LogP contribution < -0.4 is 5.56 Å². The van der Waals surface area contributed by atoms with E-state index in [-0.39, 0.29) is 17.5 Å². The summed E-state index contributed by atoms with van der Waals surface area (Å²) in [5.74, 6) is 0.938. The minimum atomic E-state index is -0.227. The molecule has 122 valence electrons. The zero-order valence-corrected chi connectivity index (χ0v) is 14.3. The van der Waals surface area contributed by atoms with Gasteiger partial charge in [-0.3, -0.25) is 9.36 Å². The van der Waals surface area contributed by atoms with Gasteiger partial charge in [0.1, 0.15) is 16.1 Å². The van der Waals surface area contributed by atoms with Gasteiger partial charge in [-0.15, -0.1) is 21.5 Å². The Hall–Kier alpha value is -2.61. The number of thiophene rings is 1. The van der Waals surface area contributed by atoms with Crippen molar-refractivity contribution in [2.75, 3.05) is 0 Å². The molecular weight excluding hydrogens is 326 g/mol. The summed E-state index contributed by atoms with van der Waals surface area (Å²) in [5, 5.41) is 8.98. The maximum Gasteiger partial charge on any atom is 0.271 e. The Kier molecular flexibility index (Phi) is 3.24. The number of nitrogens with zero attached hydrogens (tertiary/aromatic N) is 5. The lowest BCUT2D eigenvalue weighted by molar-refractivity contribution is 0.366. The minimum absolute atomic E-state index is 0.126. The quantitative estimate of drug-likeness (QED) is 0.557. The summed E-state index contributed by atoms with van der Waals surface area (Å²) in [7, 11) is 0. The van der Waals surface area contributed by atoms with E-state index in [9.17, 15) is 4.79 Å². The first-order valence-corrected chi connectivity index (χ1v) is 8.30. The molecule has 0 aliphatic rings. The smallest absolute Gasteiger partial charge is 0.271 e. The predicted molar refractivity (Wildman–Crippen MR) is 91.3 cm³/mol. The van der Waals surface area contributed by atoms with Gasteiger partial charge in [0.2, 0.25) is 11.8 Å². The second kappa shape index (κ2) is 5.20. The van der Waals surface area contributed by atoms with Gasteiger partial charge in [0.25, 0.3) is 5.56 Å². The highest BCUT2D eigenvalue weighted by Crippen LogP contribution is 2.28. The van der Waals surface area contributed by atoms with Gasteiger partial charge in [-0.05, 0) is 12.1 Å². The normalized spacial score (nSPS) is 12.3. The maximum absolute atomic E-state index is 12.7. The molecule has 0 radical (unpaired) electrons. The van der Waals surface area contributed by atoms with Crippen LogP contribution >= 0.6 is 11.3 Å². The van der Waals surface area contributed by atoms with Crippen molar-refractivity contribution >= 4 is 31.8 Å². The van der Waals surface area contributed by atoms with Crippen LogP contribution in [-0.2, 0) is 12.0 Å². The molecule has 8 heteroatoms. The van der Waals surface area contributed by atoms with Crippen molar-refractivity contribution < 1.29 is 4.42 Å². The van der Waals surface area contributed by atoms with Crippen molar-refractivity contribution in [2.45, 2.75) is 32.7 Å². The van der Waals surface area contributed by atoms with Gasteiger partial charge in [0.05, 0.1) is 11.8 Å². The third kappa shape index (κ3) is 2.39. The molecule has 0 bridgehead atoms. The van der Waals surface area contributed by atoms with Crippen molar-refractivity contribution in [2.24, 2.45) is 0 Å². The summed E-state index contributed by atoms with van der Waals surface area (Å²) in [6.45, 7) is 6.18. The maximum atomic E-state index is 12.7. The van der Waals surface area contributed by atoms with Crippen molar-refractivity contribution in [3.8, 4) is 0 Å². The van der Waals surface area contributed by atoms with Crippen LogP contribution in [0.2, 0.25) is 0 Å². The molecule has 0 unspecified atom stereocenters. The fourth-order valence-corrected chi connectivity index (χ4v) is 3.43. The van der Waals surface area contributed by atoms with Gasteiger partial charge in [0.15, 0.2) is 0 Å². The van der Waals surface area contributed by atoms with E-state index in [0.29, 0.717) is 22.0 Å². The van der Waals surface area contributed by atoms with E-state index >= 15 is 0 Å². The molecule has 0 saturated carbocycles. The Balaban J connectivity index is 1.77. The molecule has 0 amide bonds. The zero-order chi connectivity index (χ0) is 16.9. The first-order valence-electron chi connectivity index (χ1n) is 7.49. The van der Waals surface area contributed by atoms with Crippen molar-refractivity contribution in [3.63, 3.8) is 0 Å². The number of hydrogen-bond acceptors (Lipinski definition) is 7. The van der Waals surface area contributed by atoms with E-state index in [1.807, 2.05) is 32.9 Å². The van der Waals surface area contributed by atoms with Crippen LogP contribution in [0.5, 0.6) is 0 Å². The second-order valence-electron chi connectivity index (χ2n) is 6.56. The van der Waals surface area contributed by atoms with Crippen LogP contribution in [0.4, 0.5) is 0 Å². The van der Waals surface area contributed by atoms with E-state index in [1.165, 1.54) is 22.2 Å². The lowest BCUT2D eigenvalue weighted by atomic mass is 9.97. The van der Waals surface area contributed by atoms with E-state index in [4.69, 9.17) is 4.42 Å². The molecule has 4 aromatic heterocycles. The van der Waals surface area contributed by atoms with Gasteiger partial charge in [0, 0.05) is 17.0 Å². The van der Waals surface area contributed by atoms with Crippen molar-refractivity contribution in [1.29, 1.82) is 0 Å². The molecular formula is C16H15N5O2S. The van der Waals surface area contributed by atoms with Crippen LogP contribution in [0.1, 0.15) is 32.6 Å². The second-order valence-corrected chi connectivity index (χ2v) is 7.56. The van der Waals surface area contributed by atoms with E-state index in [2.05, 4.69) is 20.2 Å². The standard InChI is InChI=1S/C16H15N5O2S/c1-16(2,3)15-20-19-10(23-15)7-21-8-18-11-9-5-4-6-17-13(9)24-12(11)14(21)22/h4-6,8H,7H2,1-3H3. The van der Waals surface area contributed by atoms with Crippen LogP contribution in [-0.4, -0.2) is 24.7 Å². The average molecular weight is 341 g/mol. The van der Waals surface area contributed by atoms with E-state index in [1.54, 1.807) is 6.20 Å². The SMILES string of the molecule is CC(C)(C)c1nnc(Cn2cnc3c(sc4ncccc43)c2=O)o1. The average Bonchev–Trinajstić information content (AvgIpc) is 3.15. The van der Waals surface area contributed by atoms with Crippen LogP contribution in [0.15, 0.2) is 33.9 Å². The third-order valence-electron chi connectivity index (χ3n) is 3.64. The lowest BCUT2D eigenvalue weighted by Gasteiger charge is -2.11. The molecule has 0 aromatic carbocycles. The fraction of sp³-hybridized carbons (Fsp3) is 0.312. The lowest BCUT2D eigenvalue weighted by Crippen LogP contribution is -2.20. The van der Waals surface area contributed by atoms with Crippen molar-refractivity contribution in [1.82, 2.24) is 24.7 Å². The molecule has 4 rings (SSSR count). The van der Waals surface area contributed by atoms with Gasteiger partial charge < -0.3 is 4.42 Å². The Labute approximate surface area is 141 Å². The van der Waals surface area contributed by atoms with Crippen LogP contribution in [0, 0.1) is 0 Å². The summed E-state index contributed by atoms with van der Waals surface area (Å²) in [6, 6.07) is 3.76. The molecule has 0 aliphatic carbocycles. The molecule has 4 aromatic rings. The highest BCUT2D eigenvalue weighted by Gasteiger charge is 2.22. The first-order chi connectivity index (χ1) is 11.4. The number of aromatic nitrogens is 5. The number of pyridine rings is 1. The number of rotatable bonds is 2. The Morgan fingerprint density at radius 2 is 2.08 bits per heavy atom. The summed E-state index contributed by atoms with van der Waals surface area (Å²) in [4.78, 5) is 22.2. The zero-order valence-electron chi connectivity index (χ0n) is 13.5. The predicted octanol–water partition coefficient (Wildman–Crippen LogP) is 2.74. The van der Waals surface area contributed by atoms with Crippen molar-refractivity contribution in [3.05, 3.63) is 46.8 Å². The van der Waals surface area contributed by atoms with Crippen LogP contribution in [0.3, 0.4) is 0 Å². The summed E-state index contributed by atoms with van der Waals surface area (Å²) in [6.07, 6.45) is 3.23. The highest BCUT2D eigenvalue weighted by atomic mass is 32.1. The molecule has 0 atom stereocenters. The highest BCUT2D eigenvalue weighted by molar-refractivity contribution is 7.25. The molecule has 0 N–H and O–H groups in total. The van der Waals surface area contributed by atoms with E-state index in [0.717, 1.165) is 10.2 Å². The monoisotopic (exact) mass is 341 g/mol. The van der Waals surface area contributed by atoms with Gasteiger partial charge >= 0.3 is 0 Å². The largest absolute Gasteiger partial charge is 0.423 e. The summed E-state index contributed by atoms with van der Waals surface area (Å²) >= 11 is 1.35. The number of hydrogen-bond donors (Lipinski definition) is 0. The minimum Gasteiger partial charge on any atom is -0.423 e.